The molecule has 26 heavy (non-hydrogen) atoms. The first-order valence-corrected chi connectivity index (χ1v) is 9.83. The molecule has 1 saturated heterocycles. The van der Waals surface area contributed by atoms with E-state index in [4.69, 9.17) is 21.1 Å². The quantitative estimate of drug-likeness (QED) is 0.736. The lowest BCUT2D eigenvalue weighted by atomic mass is 10.2. The van der Waals surface area contributed by atoms with E-state index in [0.717, 1.165) is 6.07 Å². The number of esters is 1. The summed E-state index contributed by atoms with van der Waals surface area (Å²) in [7, 11) is -2.48. The Labute approximate surface area is 157 Å². The van der Waals surface area contributed by atoms with Gasteiger partial charge >= 0.3 is 5.97 Å². The van der Waals surface area contributed by atoms with Crippen molar-refractivity contribution in [2.45, 2.75) is 31.0 Å². The predicted octanol–water partition coefficient (Wildman–Crippen LogP) is 1.04. The number of sulfonamides is 1. The lowest BCUT2D eigenvalue weighted by molar-refractivity contribution is -0.146. The maximum atomic E-state index is 12.2. The minimum Gasteiger partial charge on any atom is -0.452 e. The van der Waals surface area contributed by atoms with Gasteiger partial charge in [0.2, 0.25) is 10.0 Å². The van der Waals surface area contributed by atoms with E-state index < -0.39 is 22.6 Å². The molecule has 1 fully saturated rings. The highest BCUT2D eigenvalue weighted by Gasteiger charge is 2.27. The van der Waals surface area contributed by atoms with E-state index in [1.165, 1.54) is 19.2 Å². The Bertz CT molecular complexity index is 788. The van der Waals surface area contributed by atoms with Gasteiger partial charge in [-0.05, 0) is 39.1 Å². The monoisotopic (exact) mass is 404 g/mol. The summed E-state index contributed by atoms with van der Waals surface area (Å²) in [4.78, 5) is 25.9. The van der Waals surface area contributed by atoms with Crippen molar-refractivity contribution in [2.75, 3.05) is 26.7 Å². The zero-order chi connectivity index (χ0) is 19.5. The third kappa shape index (κ3) is 4.94. The summed E-state index contributed by atoms with van der Waals surface area (Å²) in [6.07, 6.45) is -0.201. The number of rotatable bonds is 5. The Balaban J connectivity index is 2.06. The van der Waals surface area contributed by atoms with Gasteiger partial charge in [-0.25, -0.2) is 17.9 Å². The summed E-state index contributed by atoms with van der Waals surface area (Å²) in [6.45, 7) is 4.08. The number of hydrogen-bond acceptors (Lipinski definition) is 6. The van der Waals surface area contributed by atoms with Crippen molar-refractivity contribution in [3.8, 4) is 0 Å². The molecular formula is C16H21ClN2O6S. The van der Waals surface area contributed by atoms with Gasteiger partial charge in [-0.15, -0.1) is 0 Å². The van der Waals surface area contributed by atoms with E-state index in [1.807, 2.05) is 13.8 Å². The summed E-state index contributed by atoms with van der Waals surface area (Å²) in [5.41, 5.74) is -0.125. The molecule has 0 unspecified atom stereocenters. The van der Waals surface area contributed by atoms with Gasteiger partial charge in [0.1, 0.15) is 0 Å². The van der Waals surface area contributed by atoms with Crippen molar-refractivity contribution in [3.63, 3.8) is 0 Å². The Morgan fingerprint density at radius 1 is 1.31 bits per heavy atom. The Kier molecular flexibility index (Phi) is 6.62. The normalized spacial score (nSPS) is 20.7. The lowest BCUT2D eigenvalue weighted by Crippen LogP contribution is -2.49. The maximum absolute atomic E-state index is 12.2. The van der Waals surface area contributed by atoms with Gasteiger partial charge in [-0.1, -0.05) is 11.6 Å². The molecule has 0 radical (unpaired) electrons. The Hall–Kier alpha value is -1.68. The standard InChI is InChI=1S/C16H21ClN2O6S/c1-10-7-19(8-11(2)25-10)15(20)9-24-16(21)13-6-12(4-5-14(13)17)26(22,23)18-3/h4-6,10-11,18H,7-9H2,1-3H3/t10-,11-/m0/s1. The molecular weight excluding hydrogens is 384 g/mol. The number of nitrogens with one attached hydrogen (secondary N) is 1. The van der Waals surface area contributed by atoms with Crippen LogP contribution < -0.4 is 4.72 Å². The molecule has 0 spiro atoms. The van der Waals surface area contributed by atoms with Crippen LogP contribution in [-0.4, -0.2) is 64.1 Å². The van der Waals surface area contributed by atoms with E-state index in [9.17, 15) is 18.0 Å². The van der Waals surface area contributed by atoms with Gasteiger partial charge in [0.15, 0.2) is 6.61 Å². The topological polar surface area (TPSA) is 102 Å². The molecule has 0 aromatic heterocycles. The number of halogens is 1. The second-order valence-electron chi connectivity index (χ2n) is 5.98. The van der Waals surface area contributed by atoms with Crippen LogP contribution in [-0.2, 0) is 24.3 Å². The molecule has 1 heterocycles. The van der Waals surface area contributed by atoms with Gasteiger partial charge in [-0.2, -0.15) is 0 Å². The number of carbonyl (C=O) groups excluding carboxylic acids is 2. The molecule has 0 saturated carbocycles. The van der Waals surface area contributed by atoms with Gasteiger partial charge in [-0.3, -0.25) is 4.79 Å². The molecule has 10 heteroatoms. The zero-order valence-corrected chi connectivity index (χ0v) is 16.3. The summed E-state index contributed by atoms with van der Waals surface area (Å²) < 4.78 is 36.4. The molecule has 2 atom stereocenters. The summed E-state index contributed by atoms with van der Waals surface area (Å²) >= 11 is 5.96. The highest BCUT2D eigenvalue weighted by molar-refractivity contribution is 7.89. The molecule has 144 valence electrons. The second kappa shape index (κ2) is 8.34. The fourth-order valence-electron chi connectivity index (χ4n) is 2.62. The number of carbonyl (C=O) groups is 2. The number of hydrogen-bond donors (Lipinski definition) is 1. The van der Waals surface area contributed by atoms with Crippen LogP contribution in [0.3, 0.4) is 0 Å². The predicted molar refractivity (Wildman–Crippen MR) is 94.6 cm³/mol. The summed E-state index contributed by atoms with van der Waals surface area (Å²) in [5.74, 6) is -1.22. The minimum atomic E-state index is -3.74. The molecule has 1 aliphatic rings. The van der Waals surface area contributed by atoms with Crippen molar-refractivity contribution in [1.29, 1.82) is 0 Å². The lowest BCUT2D eigenvalue weighted by Gasteiger charge is -2.35. The number of morpholine rings is 1. The fraction of sp³-hybridized carbons (Fsp3) is 0.500. The van der Waals surface area contributed by atoms with Gasteiger partial charge in [0.05, 0.1) is 27.7 Å². The Morgan fingerprint density at radius 2 is 1.92 bits per heavy atom. The van der Waals surface area contributed by atoms with Crippen molar-refractivity contribution >= 4 is 33.5 Å². The van der Waals surface area contributed by atoms with Crippen LogP contribution in [0.2, 0.25) is 5.02 Å². The SMILES string of the molecule is CNS(=O)(=O)c1ccc(Cl)c(C(=O)OCC(=O)N2C[C@H](C)O[C@@H](C)C2)c1. The third-order valence-electron chi connectivity index (χ3n) is 3.84. The second-order valence-corrected chi connectivity index (χ2v) is 8.28. The van der Waals surface area contributed by atoms with Gasteiger partial charge in [0.25, 0.3) is 5.91 Å². The van der Waals surface area contributed by atoms with Crippen LogP contribution in [0.15, 0.2) is 23.1 Å². The highest BCUT2D eigenvalue weighted by Crippen LogP contribution is 2.21. The maximum Gasteiger partial charge on any atom is 0.340 e. The largest absolute Gasteiger partial charge is 0.452 e. The van der Waals surface area contributed by atoms with E-state index in [0.29, 0.717) is 13.1 Å². The van der Waals surface area contributed by atoms with E-state index in [1.54, 1.807) is 4.90 Å². The zero-order valence-electron chi connectivity index (χ0n) is 14.7. The van der Waals surface area contributed by atoms with Crippen LogP contribution >= 0.6 is 11.6 Å². The van der Waals surface area contributed by atoms with Crippen molar-refractivity contribution in [2.24, 2.45) is 0 Å². The van der Waals surface area contributed by atoms with Crippen LogP contribution in [0.1, 0.15) is 24.2 Å². The molecule has 0 bridgehead atoms. The van der Waals surface area contributed by atoms with E-state index in [2.05, 4.69) is 4.72 Å². The number of ether oxygens (including phenoxy) is 2. The van der Waals surface area contributed by atoms with E-state index in [-0.39, 0.29) is 33.6 Å². The van der Waals surface area contributed by atoms with Crippen LogP contribution in [0.5, 0.6) is 0 Å². The molecule has 1 N–H and O–H groups in total. The third-order valence-corrected chi connectivity index (χ3v) is 5.58. The molecule has 8 nitrogen and oxygen atoms in total. The molecule has 2 rings (SSSR count). The number of nitrogens with zero attached hydrogens (tertiary/aromatic N) is 1. The first-order valence-electron chi connectivity index (χ1n) is 7.97. The fourth-order valence-corrected chi connectivity index (χ4v) is 3.57. The first-order chi connectivity index (χ1) is 12.1. The average molecular weight is 405 g/mol. The smallest absolute Gasteiger partial charge is 0.340 e. The van der Waals surface area contributed by atoms with Gasteiger partial charge < -0.3 is 14.4 Å². The molecule has 1 aliphatic heterocycles. The molecule has 1 amide bonds. The van der Waals surface area contributed by atoms with Crippen LogP contribution in [0.4, 0.5) is 0 Å². The van der Waals surface area contributed by atoms with Crippen molar-refractivity contribution in [1.82, 2.24) is 9.62 Å². The minimum absolute atomic E-state index is 0.0334. The number of benzene rings is 1. The molecule has 1 aromatic carbocycles. The number of amides is 1. The Morgan fingerprint density at radius 3 is 2.50 bits per heavy atom. The van der Waals surface area contributed by atoms with Crippen LogP contribution in [0, 0.1) is 0 Å². The summed E-state index contributed by atoms with van der Waals surface area (Å²) in [5, 5.41) is 0.0334. The first kappa shape index (κ1) is 20.6. The van der Waals surface area contributed by atoms with Gasteiger partial charge in [0, 0.05) is 13.1 Å². The van der Waals surface area contributed by atoms with E-state index >= 15 is 0 Å². The summed E-state index contributed by atoms with van der Waals surface area (Å²) in [6, 6.07) is 3.67. The van der Waals surface area contributed by atoms with Crippen molar-refractivity contribution in [3.05, 3.63) is 28.8 Å². The van der Waals surface area contributed by atoms with Crippen molar-refractivity contribution < 1.29 is 27.5 Å². The molecule has 1 aromatic rings. The average Bonchev–Trinajstić information content (AvgIpc) is 2.58. The van der Waals surface area contributed by atoms with Crippen LogP contribution in [0.25, 0.3) is 0 Å². The molecule has 0 aliphatic carbocycles. The highest BCUT2D eigenvalue weighted by atomic mass is 35.5.